The zero-order chi connectivity index (χ0) is 13.0. The first-order valence-corrected chi connectivity index (χ1v) is 7.88. The van der Waals surface area contributed by atoms with Crippen LogP contribution in [0.4, 0.5) is 0 Å². The van der Waals surface area contributed by atoms with E-state index in [9.17, 15) is 0 Å². The van der Waals surface area contributed by atoms with Gasteiger partial charge in [-0.1, -0.05) is 13.3 Å². The first-order valence-electron chi connectivity index (χ1n) is 7.88. The minimum atomic E-state index is 0.743. The van der Waals surface area contributed by atoms with Crippen molar-refractivity contribution in [2.75, 3.05) is 39.8 Å². The van der Waals surface area contributed by atoms with E-state index in [1.807, 2.05) is 0 Å². The maximum Gasteiger partial charge on any atom is 0.0195 e. The molecule has 3 nitrogen and oxygen atoms in total. The summed E-state index contributed by atoms with van der Waals surface area (Å²) < 4.78 is 0. The van der Waals surface area contributed by atoms with Crippen molar-refractivity contribution in [3.63, 3.8) is 0 Å². The summed E-state index contributed by atoms with van der Waals surface area (Å²) in [6.07, 6.45) is 5.65. The highest BCUT2D eigenvalue weighted by atomic mass is 15.3. The minimum Gasteiger partial charge on any atom is -0.317 e. The Morgan fingerprint density at radius 2 is 2.06 bits per heavy atom. The Balaban J connectivity index is 1.71. The highest BCUT2D eigenvalue weighted by Crippen LogP contribution is 2.28. The third kappa shape index (κ3) is 3.46. The summed E-state index contributed by atoms with van der Waals surface area (Å²) in [6.45, 7) is 11.0. The molecule has 1 heterocycles. The normalized spacial score (nSPS) is 35.2. The molecule has 3 unspecified atom stereocenters. The topological polar surface area (TPSA) is 18.5 Å². The van der Waals surface area contributed by atoms with Gasteiger partial charge in [0, 0.05) is 31.7 Å². The molecule has 106 valence electrons. The Kier molecular flexibility index (Phi) is 5.46. The summed E-state index contributed by atoms with van der Waals surface area (Å²) in [7, 11) is 2.13. The highest BCUT2D eigenvalue weighted by Gasteiger charge is 2.27. The summed E-state index contributed by atoms with van der Waals surface area (Å²) in [5.41, 5.74) is 0. The maximum atomic E-state index is 3.50. The van der Waals surface area contributed by atoms with Gasteiger partial charge in [-0.15, -0.1) is 0 Å². The molecule has 2 aliphatic rings. The van der Waals surface area contributed by atoms with Gasteiger partial charge in [0.25, 0.3) is 0 Å². The fourth-order valence-corrected chi connectivity index (χ4v) is 3.85. The largest absolute Gasteiger partial charge is 0.317 e. The van der Waals surface area contributed by atoms with Gasteiger partial charge in [-0.3, -0.25) is 4.90 Å². The molecule has 0 amide bonds. The van der Waals surface area contributed by atoms with Crippen LogP contribution in [0.25, 0.3) is 0 Å². The van der Waals surface area contributed by atoms with Crippen LogP contribution in [0.3, 0.4) is 0 Å². The summed E-state index contributed by atoms with van der Waals surface area (Å²) in [6, 6.07) is 1.53. The van der Waals surface area contributed by atoms with Gasteiger partial charge >= 0.3 is 0 Å². The first kappa shape index (κ1) is 14.3. The fraction of sp³-hybridized carbons (Fsp3) is 1.00. The van der Waals surface area contributed by atoms with Gasteiger partial charge in [0.15, 0.2) is 0 Å². The smallest absolute Gasteiger partial charge is 0.0195 e. The lowest BCUT2D eigenvalue weighted by atomic mass is 9.99. The average molecular weight is 253 g/mol. The van der Waals surface area contributed by atoms with Crippen molar-refractivity contribution in [2.45, 2.75) is 51.6 Å². The van der Waals surface area contributed by atoms with Crippen LogP contribution in [-0.4, -0.2) is 61.7 Å². The van der Waals surface area contributed by atoms with E-state index >= 15 is 0 Å². The zero-order valence-electron chi connectivity index (χ0n) is 12.5. The van der Waals surface area contributed by atoms with Crippen LogP contribution in [0, 0.1) is 5.92 Å². The minimum absolute atomic E-state index is 0.743. The Bertz CT molecular complexity index is 244. The molecular weight excluding hydrogens is 222 g/mol. The molecule has 1 N–H and O–H groups in total. The second-order valence-corrected chi connectivity index (χ2v) is 6.15. The highest BCUT2D eigenvalue weighted by molar-refractivity contribution is 4.84. The van der Waals surface area contributed by atoms with E-state index in [1.54, 1.807) is 0 Å². The van der Waals surface area contributed by atoms with Crippen molar-refractivity contribution in [1.29, 1.82) is 0 Å². The van der Waals surface area contributed by atoms with Gasteiger partial charge in [-0.2, -0.15) is 0 Å². The van der Waals surface area contributed by atoms with Gasteiger partial charge in [0.1, 0.15) is 0 Å². The quantitative estimate of drug-likeness (QED) is 0.806. The third-order valence-electron chi connectivity index (χ3n) is 5.10. The van der Waals surface area contributed by atoms with Crippen LogP contribution in [0.1, 0.15) is 39.5 Å². The van der Waals surface area contributed by atoms with Gasteiger partial charge < -0.3 is 10.2 Å². The number of hydrogen-bond acceptors (Lipinski definition) is 3. The van der Waals surface area contributed by atoms with Crippen molar-refractivity contribution < 1.29 is 0 Å². The number of piperazine rings is 1. The monoisotopic (exact) mass is 253 g/mol. The SMILES string of the molecule is CCN1CCN(CCC2CCCC2NC)CC1C. The van der Waals surface area contributed by atoms with Crippen LogP contribution in [0.2, 0.25) is 0 Å². The fourth-order valence-electron chi connectivity index (χ4n) is 3.85. The molecule has 1 saturated heterocycles. The summed E-state index contributed by atoms with van der Waals surface area (Å²) in [5.74, 6) is 0.925. The molecule has 0 bridgehead atoms. The lowest BCUT2D eigenvalue weighted by Gasteiger charge is -2.39. The molecule has 1 saturated carbocycles. The van der Waals surface area contributed by atoms with E-state index < -0.39 is 0 Å². The third-order valence-corrected chi connectivity index (χ3v) is 5.10. The Morgan fingerprint density at radius 1 is 1.22 bits per heavy atom. The average Bonchev–Trinajstić information content (AvgIpc) is 2.84. The molecule has 0 radical (unpaired) electrons. The molecule has 2 rings (SSSR count). The standard InChI is InChI=1S/C15H31N3/c1-4-18-11-10-17(12-13(18)2)9-8-14-6-5-7-15(14)16-3/h13-16H,4-12H2,1-3H3. The van der Waals surface area contributed by atoms with Crippen LogP contribution >= 0.6 is 0 Å². The van der Waals surface area contributed by atoms with E-state index in [1.165, 1.54) is 58.4 Å². The van der Waals surface area contributed by atoms with E-state index in [-0.39, 0.29) is 0 Å². The molecule has 18 heavy (non-hydrogen) atoms. The van der Waals surface area contributed by atoms with Crippen molar-refractivity contribution in [3.8, 4) is 0 Å². The molecule has 0 aromatic rings. The van der Waals surface area contributed by atoms with E-state index in [2.05, 4.69) is 36.0 Å². The van der Waals surface area contributed by atoms with E-state index in [0.717, 1.165) is 18.0 Å². The molecule has 0 aromatic carbocycles. The van der Waals surface area contributed by atoms with Crippen LogP contribution in [0.15, 0.2) is 0 Å². The zero-order valence-corrected chi connectivity index (χ0v) is 12.5. The number of rotatable bonds is 5. The number of hydrogen-bond donors (Lipinski definition) is 1. The predicted molar refractivity (Wildman–Crippen MR) is 78.0 cm³/mol. The van der Waals surface area contributed by atoms with Crippen molar-refractivity contribution >= 4 is 0 Å². The lowest BCUT2D eigenvalue weighted by Crippen LogP contribution is -2.52. The van der Waals surface area contributed by atoms with Gasteiger partial charge in [-0.25, -0.2) is 0 Å². The number of nitrogens with one attached hydrogen (secondary N) is 1. The van der Waals surface area contributed by atoms with Gasteiger partial charge in [0.2, 0.25) is 0 Å². The Hall–Kier alpha value is -0.120. The second kappa shape index (κ2) is 6.88. The lowest BCUT2D eigenvalue weighted by molar-refractivity contribution is 0.0833. The van der Waals surface area contributed by atoms with Crippen LogP contribution < -0.4 is 5.32 Å². The van der Waals surface area contributed by atoms with Crippen molar-refractivity contribution in [2.24, 2.45) is 5.92 Å². The predicted octanol–water partition coefficient (Wildman–Crippen LogP) is 1.79. The van der Waals surface area contributed by atoms with Gasteiger partial charge in [0.05, 0.1) is 0 Å². The molecule has 0 spiro atoms. The molecule has 3 heteroatoms. The first-order chi connectivity index (χ1) is 8.74. The summed E-state index contributed by atoms with van der Waals surface area (Å²) in [4.78, 5) is 5.28. The molecule has 0 aromatic heterocycles. The molecular formula is C15H31N3. The van der Waals surface area contributed by atoms with Crippen molar-refractivity contribution in [1.82, 2.24) is 15.1 Å². The number of nitrogens with zero attached hydrogens (tertiary/aromatic N) is 2. The number of likely N-dealkylation sites (N-methyl/N-ethyl adjacent to an activating group) is 1. The second-order valence-electron chi connectivity index (χ2n) is 6.15. The molecule has 3 atom stereocenters. The maximum absolute atomic E-state index is 3.50. The summed E-state index contributed by atoms with van der Waals surface area (Å²) in [5, 5.41) is 3.50. The van der Waals surface area contributed by atoms with E-state index in [0.29, 0.717) is 0 Å². The molecule has 1 aliphatic carbocycles. The Labute approximate surface area is 113 Å². The van der Waals surface area contributed by atoms with E-state index in [4.69, 9.17) is 0 Å². The Morgan fingerprint density at radius 3 is 2.72 bits per heavy atom. The molecule has 1 aliphatic heterocycles. The van der Waals surface area contributed by atoms with Crippen LogP contribution in [0.5, 0.6) is 0 Å². The van der Waals surface area contributed by atoms with Crippen LogP contribution in [-0.2, 0) is 0 Å². The van der Waals surface area contributed by atoms with Gasteiger partial charge in [-0.05, 0) is 52.2 Å². The summed E-state index contributed by atoms with van der Waals surface area (Å²) >= 11 is 0. The van der Waals surface area contributed by atoms with Crippen molar-refractivity contribution in [3.05, 3.63) is 0 Å². The molecule has 2 fully saturated rings.